The van der Waals surface area contributed by atoms with E-state index in [-0.39, 0.29) is 6.61 Å². The van der Waals surface area contributed by atoms with Crippen molar-refractivity contribution in [1.29, 1.82) is 0 Å². The van der Waals surface area contributed by atoms with Crippen molar-refractivity contribution < 1.29 is 9.84 Å². The summed E-state index contributed by atoms with van der Waals surface area (Å²) in [4.78, 5) is 0. The van der Waals surface area contributed by atoms with Crippen molar-refractivity contribution in [1.82, 2.24) is 5.32 Å². The fourth-order valence-electron chi connectivity index (χ4n) is 2.56. The molecule has 1 aromatic carbocycles. The second kappa shape index (κ2) is 6.21. The lowest BCUT2D eigenvalue weighted by atomic mass is 9.91. The fraction of sp³-hybridized carbons (Fsp3) is 0.600. The third-order valence-electron chi connectivity index (χ3n) is 3.71. The topological polar surface area (TPSA) is 41.5 Å². The minimum Gasteiger partial charge on any atom is -0.493 e. The molecule has 0 bridgehead atoms. The molecule has 0 spiro atoms. The van der Waals surface area contributed by atoms with E-state index in [0.717, 1.165) is 25.2 Å². The Morgan fingerprint density at radius 3 is 2.94 bits per heavy atom. The van der Waals surface area contributed by atoms with Crippen LogP contribution in [0.5, 0.6) is 5.75 Å². The molecule has 2 N–H and O–H groups in total. The van der Waals surface area contributed by atoms with E-state index in [2.05, 4.69) is 31.3 Å². The lowest BCUT2D eigenvalue weighted by Crippen LogP contribution is -2.40. The largest absolute Gasteiger partial charge is 0.493 e. The molecule has 100 valence electrons. The summed E-state index contributed by atoms with van der Waals surface area (Å²) in [6.07, 6.45) is 1.84. The molecule has 0 saturated carbocycles. The molecule has 0 aromatic heterocycles. The standard InChI is InChI=1S/C15H23NO2/c1-3-12(8-9-17)16-15-11(2)10-18-14-7-5-4-6-13(14)15/h4-7,11-12,15-17H,3,8-10H2,1-2H3. The highest BCUT2D eigenvalue weighted by atomic mass is 16.5. The Bertz CT molecular complexity index is 381. The number of hydrogen-bond donors (Lipinski definition) is 2. The Labute approximate surface area is 109 Å². The summed E-state index contributed by atoms with van der Waals surface area (Å²) < 4.78 is 5.75. The smallest absolute Gasteiger partial charge is 0.124 e. The Kier molecular flexibility index (Phi) is 4.61. The van der Waals surface area contributed by atoms with Gasteiger partial charge in [-0.3, -0.25) is 0 Å². The van der Waals surface area contributed by atoms with E-state index in [1.165, 1.54) is 5.56 Å². The maximum absolute atomic E-state index is 9.09. The van der Waals surface area contributed by atoms with Crippen LogP contribution in [0, 0.1) is 5.92 Å². The van der Waals surface area contributed by atoms with Crippen molar-refractivity contribution in [3.8, 4) is 5.75 Å². The third kappa shape index (κ3) is 2.85. The molecule has 2 rings (SSSR count). The maximum Gasteiger partial charge on any atom is 0.124 e. The van der Waals surface area contributed by atoms with Crippen LogP contribution in [0.4, 0.5) is 0 Å². The number of aliphatic hydroxyl groups excluding tert-OH is 1. The van der Waals surface area contributed by atoms with Crippen LogP contribution in [-0.2, 0) is 0 Å². The monoisotopic (exact) mass is 249 g/mol. The van der Waals surface area contributed by atoms with E-state index in [4.69, 9.17) is 9.84 Å². The van der Waals surface area contributed by atoms with E-state index in [0.29, 0.717) is 18.0 Å². The number of fused-ring (bicyclic) bond motifs is 1. The zero-order chi connectivity index (χ0) is 13.0. The van der Waals surface area contributed by atoms with Gasteiger partial charge < -0.3 is 15.2 Å². The summed E-state index contributed by atoms with van der Waals surface area (Å²) in [5.74, 6) is 1.44. The Balaban J connectivity index is 2.15. The summed E-state index contributed by atoms with van der Waals surface area (Å²) >= 11 is 0. The molecule has 0 radical (unpaired) electrons. The summed E-state index contributed by atoms with van der Waals surface area (Å²) in [5, 5.41) is 12.8. The number of benzene rings is 1. The quantitative estimate of drug-likeness (QED) is 0.842. The lowest BCUT2D eigenvalue weighted by molar-refractivity contribution is 0.171. The average Bonchev–Trinajstić information content (AvgIpc) is 2.41. The van der Waals surface area contributed by atoms with Gasteiger partial charge in [0.25, 0.3) is 0 Å². The average molecular weight is 249 g/mol. The molecule has 1 aromatic rings. The molecular weight excluding hydrogens is 226 g/mol. The second-order valence-corrected chi connectivity index (χ2v) is 5.09. The summed E-state index contributed by atoms with van der Waals surface area (Å²) in [5.41, 5.74) is 1.24. The molecule has 1 heterocycles. The molecule has 0 amide bonds. The van der Waals surface area contributed by atoms with Crippen molar-refractivity contribution >= 4 is 0 Å². The van der Waals surface area contributed by atoms with Crippen molar-refractivity contribution in [2.24, 2.45) is 5.92 Å². The molecule has 18 heavy (non-hydrogen) atoms. The van der Waals surface area contributed by atoms with Crippen LogP contribution in [0.3, 0.4) is 0 Å². The van der Waals surface area contributed by atoms with Crippen LogP contribution >= 0.6 is 0 Å². The second-order valence-electron chi connectivity index (χ2n) is 5.09. The first kappa shape index (κ1) is 13.4. The van der Waals surface area contributed by atoms with Gasteiger partial charge in [-0.2, -0.15) is 0 Å². The van der Waals surface area contributed by atoms with E-state index >= 15 is 0 Å². The van der Waals surface area contributed by atoms with Gasteiger partial charge >= 0.3 is 0 Å². The van der Waals surface area contributed by atoms with Crippen molar-refractivity contribution in [2.45, 2.75) is 38.8 Å². The van der Waals surface area contributed by atoms with Crippen LogP contribution in [-0.4, -0.2) is 24.4 Å². The predicted octanol–water partition coefficient (Wildman–Crippen LogP) is 2.51. The number of nitrogens with one attached hydrogen (secondary N) is 1. The van der Waals surface area contributed by atoms with Gasteiger partial charge in [0.15, 0.2) is 0 Å². The minimum atomic E-state index is 0.241. The fourth-order valence-corrected chi connectivity index (χ4v) is 2.56. The van der Waals surface area contributed by atoms with Gasteiger partial charge in [-0.1, -0.05) is 32.0 Å². The first-order chi connectivity index (χ1) is 8.76. The highest BCUT2D eigenvalue weighted by Gasteiger charge is 2.28. The highest BCUT2D eigenvalue weighted by molar-refractivity contribution is 5.38. The zero-order valence-electron chi connectivity index (χ0n) is 11.2. The number of hydrogen-bond acceptors (Lipinski definition) is 3. The third-order valence-corrected chi connectivity index (χ3v) is 3.71. The van der Waals surface area contributed by atoms with Gasteiger partial charge in [-0.25, -0.2) is 0 Å². The molecule has 0 aliphatic carbocycles. The molecule has 3 unspecified atom stereocenters. The van der Waals surface area contributed by atoms with Crippen molar-refractivity contribution in [3.05, 3.63) is 29.8 Å². The summed E-state index contributed by atoms with van der Waals surface area (Å²) in [7, 11) is 0. The van der Waals surface area contributed by atoms with Gasteiger partial charge in [0, 0.05) is 30.2 Å². The number of para-hydroxylation sites is 1. The Hall–Kier alpha value is -1.06. The molecule has 1 aliphatic rings. The summed E-state index contributed by atoms with van der Waals surface area (Å²) in [6.45, 7) is 5.36. The van der Waals surface area contributed by atoms with Crippen LogP contribution in [0.2, 0.25) is 0 Å². The molecule has 0 saturated heterocycles. The van der Waals surface area contributed by atoms with Crippen molar-refractivity contribution in [3.63, 3.8) is 0 Å². The normalized spacial score (nSPS) is 24.2. The van der Waals surface area contributed by atoms with E-state index in [1.807, 2.05) is 12.1 Å². The SMILES string of the molecule is CCC(CCO)NC1c2ccccc2OCC1C. The predicted molar refractivity (Wildman–Crippen MR) is 72.8 cm³/mol. The Morgan fingerprint density at radius 1 is 1.44 bits per heavy atom. The zero-order valence-corrected chi connectivity index (χ0v) is 11.2. The first-order valence-corrected chi connectivity index (χ1v) is 6.84. The van der Waals surface area contributed by atoms with Gasteiger partial charge in [0.05, 0.1) is 6.61 Å². The molecule has 3 heteroatoms. The highest BCUT2D eigenvalue weighted by Crippen LogP contribution is 2.35. The molecule has 1 aliphatic heterocycles. The molecule has 0 fully saturated rings. The lowest BCUT2D eigenvalue weighted by Gasteiger charge is -2.34. The first-order valence-electron chi connectivity index (χ1n) is 6.84. The van der Waals surface area contributed by atoms with Gasteiger partial charge in [0.1, 0.15) is 5.75 Å². The molecule has 3 nitrogen and oxygen atoms in total. The number of aliphatic hydroxyl groups is 1. The van der Waals surface area contributed by atoms with Crippen LogP contribution in [0.1, 0.15) is 38.3 Å². The van der Waals surface area contributed by atoms with Crippen molar-refractivity contribution in [2.75, 3.05) is 13.2 Å². The van der Waals surface area contributed by atoms with E-state index in [1.54, 1.807) is 0 Å². The Morgan fingerprint density at radius 2 is 2.22 bits per heavy atom. The van der Waals surface area contributed by atoms with Gasteiger partial charge in [-0.15, -0.1) is 0 Å². The van der Waals surface area contributed by atoms with Crippen LogP contribution < -0.4 is 10.1 Å². The van der Waals surface area contributed by atoms with Crippen LogP contribution in [0.25, 0.3) is 0 Å². The number of rotatable bonds is 5. The minimum absolute atomic E-state index is 0.241. The van der Waals surface area contributed by atoms with E-state index in [9.17, 15) is 0 Å². The molecule has 3 atom stereocenters. The van der Waals surface area contributed by atoms with Gasteiger partial charge in [-0.05, 0) is 18.9 Å². The maximum atomic E-state index is 9.09. The number of ether oxygens (including phenoxy) is 1. The summed E-state index contributed by atoms with van der Waals surface area (Å²) in [6, 6.07) is 8.93. The van der Waals surface area contributed by atoms with E-state index < -0.39 is 0 Å². The molecular formula is C15H23NO2. The van der Waals surface area contributed by atoms with Gasteiger partial charge in [0.2, 0.25) is 0 Å². The van der Waals surface area contributed by atoms with Crippen LogP contribution in [0.15, 0.2) is 24.3 Å².